The van der Waals surface area contributed by atoms with Gasteiger partial charge in [0, 0.05) is 24.3 Å². The Balaban J connectivity index is 2.07. The van der Waals surface area contributed by atoms with E-state index in [0.29, 0.717) is 5.82 Å². The smallest absolute Gasteiger partial charge is 0.209 e. The fourth-order valence-electron chi connectivity index (χ4n) is 3.98. The van der Waals surface area contributed by atoms with Gasteiger partial charge in [-0.1, -0.05) is 6.42 Å². The van der Waals surface area contributed by atoms with Crippen LogP contribution in [0.1, 0.15) is 50.1 Å². The molecule has 0 unspecified atom stereocenters. The Morgan fingerprint density at radius 3 is 2.56 bits per heavy atom. The van der Waals surface area contributed by atoms with Crippen molar-refractivity contribution in [1.82, 2.24) is 25.6 Å². The van der Waals surface area contributed by atoms with Crippen LogP contribution in [0.4, 0.5) is 5.82 Å². The molecule has 0 aliphatic heterocycles. The number of tetrazole rings is 1. The van der Waals surface area contributed by atoms with Crippen molar-refractivity contribution in [2.75, 3.05) is 18.0 Å². The molecule has 1 aliphatic carbocycles. The lowest BCUT2D eigenvalue weighted by atomic mass is 9.94. The molecule has 1 N–H and O–H groups in total. The maximum Gasteiger partial charge on any atom is 0.209 e. The third kappa shape index (κ3) is 3.22. The van der Waals surface area contributed by atoms with Crippen molar-refractivity contribution in [3.8, 4) is 22.7 Å². The summed E-state index contributed by atoms with van der Waals surface area (Å²) in [7, 11) is 0. The van der Waals surface area contributed by atoms with Crippen molar-refractivity contribution in [1.29, 1.82) is 0 Å². The summed E-state index contributed by atoms with van der Waals surface area (Å²) in [4.78, 5) is 7.39. The first kappa shape index (κ1) is 17.7. The van der Waals surface area contributed by atoms with Gasteiger partial charge in [-0.05, 0) is 69.4 Å². The van der Waals surface area contributed by atoms with Gasteiger partial charge in [-0.25, -0.2) is 4.98 Å². The van der Waals surface area contributed by atoms with E-state index in [1.807, 2.05) is 19.1 Å². The highest BCUT2D eigenvalue weighted by Gasteiger charge is 2.28. The van der Waals surface area contributed by atoms with Crippen molar-refractivity contribution in [3.63, 3.8) is 0 Å². The van der Waals surface area contributed by atoms with Gasteiger partial charge in [0.25, 0.3) is 0 Å². The molecule has 0 spiro atoms. The van der Waals surface area contributed by atoms with E-state index in [1.54, 1.807) is 0 Å². The molecule has 27 heavy (non-hydrogen) atoms. The summed E-state index contributed by atoms with van der Waals surface area (Å²) < 4.78 is 6.08. The Labute approximate surface area is 159 Å². The van der Waals surface area contributed by atoms with Crippen LogP contribution >= 0.6 is 0 Å². The average Bonchev–Trinajstić information content (AvgIpc) is 3.29. The number of H-pyrrole nitrogens is 1. The van der Waals surface area contributed by atoms with Gasteiger partial charge in [0.2, 0.25) is 5.82 Å². The van der Waals surface area contributed by atoms with E-state index in [1.165, 1.54) is 24.1 Å². The summed E-state index contributed by atoms with van der Waals surface area (Å²) in [6, 6.07) is 4.06. The van der Waals surface area contributed by atoms with Gasteiger partial charge in [0.1, 0.15) is 17.3 Å². The minimum Gasteiger partial charge on any atom is -0.461 e. The van der Waals surface area contributed by atoms with Gasteiger partial charge in [-0.3, -0.25) is 0 Å². The van der Waals surface area contributed by atoms with Gasteiger partial charge >= 0.3 is 0 Å². The van der Waals surface area contributed by atoms with E-state index in [0.717, 1.165) is 60.8 Å². The van der Waals surface area contributed by atoms with Gasteiger partial charge in [0.15, 0.2) is 0 Å². The maximum absolute atomic E-state index is 6.08. The largest absolute Gasteiger partial charge is 0.461 e. The molecule has 7 nitrogen and oxygen atoms in total. The van der Waals surface area contributed by atoms with E-state index in [2.05, 4.69) is 39.4 Å². The molecule has 0 radical (unpaired) electrons. The van der Waals surface area contributed by atoms with Crippen molar-refractivity contribution in [3.05, 3.63) is 29.2 Å². The van der Waals surface area contributed by atoms with E-state index in [-0.39, 0.29) is 0 Å². The lowest BCUT2D eigenvalue weighted by molar-refractivity contribution is 0.547. The lowest BCUT2D eigenvalue weighted by Crippen LogP contribution is -2.25. The Hall–Kier alpha value is -2.70. The summed E-state index contributed by atoms with van der Waals surface area (Å²) in [6.45, 7) is 8.00. The van der Waals surface area contributed by atoms with Gasteiger partial charge in [0.05, 0.1) is 5.56 Å². The zero-order chi connectivity index (χ0) is 18.8. The van der Waals surface area contributed by atoms with Gasteiger partial charge < -0.3 is 9.32 Å². The molecular formula is C20H26N6O. The first-order chi connectivity index (χ1) is 13.2. The Kier molecular flexibility index (Phi) is 4.92. The van der Waals surface area contributed by atoms with Crippen LogP contribution in [-0.4, -0.2) is 38.7 Å². The standard InChI is InChI=1S/C20H26N6O/c1-4-26(5-2)20-18(19-22-24-25-23-19)17(16-12-11-13(3)27-16)14-9-7-6-8-10-15(14)21-20/h11-12H,4-10H2,1-3H3,(H,22,23,24,25). The van der Waals surface area contributed by atoms with Crippen molar-refractivity contribution < 1.29 is 4.42 Å². The average molecular weight is 366 g/mol. The first-order valence-corrected chi connectivity index (χ1v) is 9.84. The quantitative estimate of drug-likeness (QED) is 0.689. The summed E-state index contributed by atoms with van der Waals surface area (Å²) in [5.74, 6) is 3.25. The number of hydrogen-bond acceptors (Lipinski definition) is 6. The second kappa shape index (κ2) is 7.50. The van der Waals surface area contributed by atoms with Crippen LogP contribution in [0.5, 0.6) is 0 Å². The van der Waals surface area contributed by atoms with Crippen LogP contribution in [0.15, 0.2) is 16.5 Å². The molecule has 0 fully saturated rings. The fourth-order valence-corrected chi connectivity index (χ4v) is 3.98. The molecule has 0 aromatic carbocycles. The van der Waals surface area contributed by atoms with Crippen LogP contribution < -0.4 is 4.90 Å². The van der Waals surface area contributed by atoms with Gasteiger partial charge in [-0.2, -0.15) is 5.21 Å². The van der Waals surface area contributed by atoms with Crippen molar-refractivity contribution in [2.24, 2.45) is 0 Å². The minimum absolute atomic E-state index is 0.570. The molecule has 3 heterocycles. The third-order valence-corrected chi connectivity index (χ3v) is 5.32. The highest BCUT2D eigenvalue weighted by molar-refractivity contribution is 5.89. The van der Waals surface area contributed by atoms with Crippen LogP contribution in [-0.2, 0) is 12.8 Å². The highest BCUT2D eigenvalue weighted by atomic mass is 16.3. The number of anilines is 1. The molecule has 0 saturated heterocycles. The third-order valence-electron chi connectivity index (χ3n) is 5.32. The number of rotatable bonds is 5. The van der Waals surface area contributed by atoms with E-state index >= 15 is 0 Å². The number of fused-ring (bicyclic) bond motifs is 1. The summed E-state index contributed by atoms with van der Waals surface area (Å²) in [6.07, 6.45) is 5.57. The summed E-state index contributed by atoms with van der Waals surface area (Å²) >= 11 is 0. The number of hydrogen-bond donors (Lipinski definition) is 1. The molecule has 3 aromatic heterocycles. The van der Waals surface area contributed by atoms with Crippen LogP contribution in [0.3, 0.4) is 0 Å². The second-order valence-corrected chi connectivity index (χ2v) is 6.99. The molecule has 4 rings (SSSR count). The van der Waals surface area contributed by atoms with E-state index in [4.69, 9.17) is 9.40 Å². The van der Waals surface area contributed by atoms with Crippen LogP contribution in [0.25, 0.3) is 22.7 Å². The maximum atomic E-state index is 6.08. The predicted octanol–water partition coefficient (Wildman–Crippen LogP) is 3.95. The number of aromatic nitrogens is 5. The molecule has 0 bridgehead atoms. The van der Waals surface area contributed by atoms with Crippen LogP contribution in [0.2, 0.25) is 0 Å². The summed E-state index contributed by atoms with van der Waals surface area (Å²) in [5.41, 5.74) is 4.46. The number of furan rings is 1. The molecule has 7 heteroatoms. The molecule has 0 amide bonds. The second-order valence-electron chi connectivity index (χ2n) is 6.99. The molecule has 0 atom stereocenters. The minimum atomic E-state index is 0.570. The topological polar surface area (TPSA) is 83.7 Å². The fraction of sp³-hybridized carbons (Fsp3) is 0.500. The summed E-state index contributed by atoms with van der Waals surface area (Å²) in [5, 5.41) is 15.0. The zero-order valence-corrected chi connectivity index (χ0v) is 16.2. The Morgan fingerprint density at radius 1 is 1.07 bits per heavy atom. The SMILES string of the molecule is CCN(CC)c1nc2c(c(-c3ccc(C)o3)c1-c1nn[nH]n1)CCCCC2. The number of aryl methyl sites for hydroxylation is 2. The van der Waals surface area contributed by atoms with E-state index in [9.17, 15) is 0 Å². The van der Waals surface area contributed by atoms with E-state index < -0.39 is 0 Å². The Bertz CT molecular complexity index is 911. The number of pyridine rings is 1. The molecule has 3 aromatic rings. The highest BCUT2D eigenvalue weighted by Crippen LogP contribution is 2.42. The Morgan fingerprint density at radius 2 is 1.89 bits per heavy atom. The molecule has 142 valence electrons. The normalized spacial score (nSPS) is 14.0. The lowest BCUT2D eigenvalue weighted by Gasteiger charge is -2.26. The van der Waals surface area contributed by atoms with Crippen molar-refractivity contribution in [2.45, 2.75) is 52.9 Å². The zero-order valence-electron chi connectivity index (χ0n) is 16.2. The molecular weight excluding hydrogens is 340 g/mol. The predicted molar refractivity (Wildman–Crippen MR) is 105 cm³/mol. The molecule has 1 aliphatic rings. The number of aromatic amines is 1. The van der Waals surface area contributed by atoms with Gasteiger partial charge in [-0.15, -0.1) is 10.2 Å². The monoisotopic (exact) mass is 366 g/mol. The number of nitrogens with one attached hydrogen (secondary N) is 1. The first-order valence-electron chi connectivity index (χ1n) is 9.84. The van der Waals surface area contributed by atoms with Crippen LogP contribution in [0, 0.1) is 6.92 Å². The molecule has 0 saturated carbocycles. The number of nitrogens with zero attached hydrogens (tertiary/aromatic N) is 5. The van der Waals surface area contributed by atoms with Crippen molar-refractivity contribution >= 4 is 5.82 Å².